The third kappa shape index (κ3) is 3.41. The van der Waals surface area contributed by atoms with Crippen LogP contribution in [0.1, 0.15) is 29.9 Å². The molecule has 2 saturated heterocycles. The van der Waals surface area contributed by atoms with Gasteiger partial charge in [-0.2, -0.15) is 0 Å². The predicted molar refractivity (Wildman–Crippen MR) is 95.6 cm³/mol. The third-order valence-corrected chi connectivity index (χ3v) is 5.40. The smallest absolute Gasteiger partial charge is 0.138 e. The molecule has 25 heavy (non-hydrogen) atoms. The minimum atomic E-state index is -0.104. The van der Waals surface area contributed by atoms with E-state index in [1.54, 1.807) is 0 Å². The number of pyridine rings is 1. The van der Waals surface area contributed by atoms with Crippen LogP contribution in [0.15, 0.2) is 28.9 Å². The van der Waals surface area contributed by atoms with Gasteiger partial charge in [-0.1, -0.05) is 11.2 Å². The summed E-state index contributed by atoms with van der Waals surface area (Å²) in [5, 5.41) is 4.09. The standard InChI is InChI=1S/C19H26N4O2/c1-15-17(16(2)25-21-15)12-22-10-11-24-19(13-22)7-5-9-23(14-19)18-6-3-4-8-20-18/h3-4,6,8H,5,7,9-14H2,1-2H3/t19-/m0/s1. The summed E-state index contributed by atoms with van der Waals surface area (Å²) in [5.41, 5.74) is 2.11. The number of hydrogen-bond donors (Lipinski definition) is 0. The average molecular weight is 342 g/mol. The molecule has 0 amide bonds. The molecule has 2 aliphatic heterocycles. The van der Waals surface area contributed by atoms with E-state index in [1.807, 2.05) is 26.1 Å². The fraction of sp³-hybridized carbons (Fsp3) is 0.579. The van der Waals surface area contributed by atoms with Gasteiger partial charge in [0, 0.05) is 44.5 Å². The van der Waals surface area contributed by atoms with E-state index < -0.39 is 0 Å². The SMILES string of the molecule is Cc1noc(C)c1CN1CCO[C@@]2(CCCN(c3ccccn3)C2)C1. The molecule has 0 radical (unpaired) electrons. The van der Waals surface area contributed by atoms with Crippen molar-refractivity contribution in [3.05, 3.63) is 41.4 Å². The first-order chi connectivity index (χ1) is 12.2. The number of rotatable bonds is 3. The molecule has 6 heteroatoms. The van der Waals surface area contributed by atoms with E-state index >= 15 is 0 Å². The second kappa shape index (κ2) is 6.77. The van der Waals surface area contributed by atoms with E-state index in [1.165, 1.54) is 5.56 Å². The van der Waals surface area contributed by atoms with Crippen molar-refractivity contribution in [2.75, 3.05) is 37.7 Å². The summed E-state index contributed by atoms with van der Waals surface area (Å²) < 4.78 is 11.6. The average Bonchev–Trinajstić information content (AvgIpc) is 2.95. The number of anilines is 1. The minimum Gasteiger partial charge on any atom is -0.370 e. The van der Waals surface area contributed by atoms with Crippen LogP contribution >= 0.6 is 0 Å². The van der Waals surface area contributed by atoms with E-state index in [0.717, 1.165) is 69.4 Å². The molecule has 1 spiro atoms. The van der Waals surface area contributed by atoms with Crippen molar-refractivity contribution in [1.29, 1.82) is 0 Å². The summed E-state index contributed by atoms with van der Waals surface area (Å²) in [6.45, 7) is 9.53. The minimum absolute atomic E-state index is 0.104. The Morgan fingerprint density at radius 3 is 2.88 bits per heavy atom. The van der Waals surface area contributed by atoms with Crippen LogP contribution in [0.25, 0.3) is 0 Å². The number of piperidine rings is 1. The number of ether oxygens (including phenoxy) is 1. The van der Waals surface area contributed by atoms with Gasteiger partial charge in [0.15, 0.2) is 0 Å². The van der Waals surface area contributed by atoms with E-state index in [2.05, 4.69) is 32.1 Å². The molecular formula is C19H26N4O2. The molecule has 2 fully saturated rings. The molecule has 6 nitrogen and oxygen atoms in total. The summed E-state index contributed by atoms with van der Waals surface area (Å²) in [6.07, 6.45) is 4.10. The fourth-order valence-corrected chi connectivity index (χ4v) is 4.09. The first kappa shape index (κ1) is 16.5. The fourth-order valence-electron chi connectivity index (χ4n) is 4.09. The Bertz CT molecular complexity index is 694. The summed E-state index contributed by atoms with van der Waals surface area (Å²) in [7, 11) is 0. The zero-order valence-corrected chi connectivity index (χ0v) is 15.1. The molecule has 0 saturated carbocycles. The maximum absolute atomic E-state index is 6.32. The molecule has 2 aliphatic rings. The number of morpholine rings is 1. The van der Waals surface area contributed by atoms with Gasteiger partial charge >= 0.3 is 0 Å². The summed E-state index contributed by atoms with van der Waals surface area (Å²) in [4.78, 5) is 9.37. The van der Waals surface area contributed by atoms with Crippen LogP contribution < -0.4 is 4.90 Å². The van der Waals surface area contributed by atoms with Crippen LogP contribution in [0.5, 0.6) is 0 Å². The Balaban J connectivity index is 1.48. The molecule has 0 aromatic carbocycles. The monoisotopic (exact) mass is 342 g/mol. The normalized spacial score (nSPS) is 24.8. The topological polar surface area (TPSA) is 54.6 Å². The molecule has 0 unspecified atom stereocenters. The van der Waals surface area contributed by atoms with Crippen molar-refractivity contribution in [2.45, 2.75) is 38.8 Å². The summed E-state index contributed by atoms with van der Waals surface area (Å²) >= 11 is 0. The van der Waals surface area contributed by atoms with Gasteiger partial charge in [-0.05, 0) is 38.8 Å². The second-order valence-corrected chi connectivity index (χ2v) is 7.26. The van der Waals surface area contributed by atoms with E-state index in [0.29, 0.717) is 0 Å². The van der Waals surface area contributed by atoms with Gasteiger partial charge < -0.3 is 14.2 Å². The lowest BCUT2D eigenvalue weighted by molar-refractivity contribution is -0.116. The Morgan fingerprint density at radius 1 is 1.20 bits per heavy atom. The van der Waals surface area contributed by atoms with Crippen molar-refractivity contribution >= 4 is 5.82 Å². The Hall–Kier alpha value is -1.92. The molecule has 4 heterocycles. The van der Waals surface area contributed by atoms with Gasteiger partial charge in [0.2, 0.25) is 0 Å². The highest BCUT2D eigenvalue weighted by Crippen LogP contribution is 2.31. The lowest BCUT2D eigenvalue weighted by atomic mass is 9.90. The first-order valence-corrected chi connectivity index (χ1v) is 9.09. The zero-order chi connectivity index (χ0) is 17.3. The highest BCUT2D eigenvalue weighted by atomic mass is 16.5. The van der Waals surface area contributed by atoms with Crippen LogP contribution in [-0.2, 0) is 11.3 Å². The van der Waals surface area contributed by atoms with Crippen molar-refractivity contribution in [3.8, 4) is 0 Å². The molecule has 2 aromatic rings. The molecule has 2 aromatic heterocycles. The third-order valence-electron chi connectivity index (χ3n) is 5.40. The molecule has 0 bridgehead atoms. The zero-order valence-electron chi connectivity index (χ0n) is 15.1. The Labute approximate surface area is 148 Å². The highest BCUT2D eigenvalue weighted by molar-refractivity contribution is 5.39. The van der Waals surface area contributed by atoms with E-state index in [-0.39, 0.29) is 5.60 Å². The van der Waals surface area contributed by atoms with Crippen molar-refractivity contribution in [2.24, 2.45) is 0 Å². The van der Waals surface area contributed by atoms with Gasteiger partial charge in [0.05, 0.1) is 17.9 Å². The maximum Gasteiger partial charge on any atom is 0.138 e. The van der Waals surface area contributed by atoms with Crippen molar-refractivity contribution in [1.82, 2.24) is 15.0 Å². The van der Waals surface area contributed by atoms with Gasteiger partial charge in [0.25, 0.3) is 0 Å². The number of aromatic nitrogens is 2. The first-order valence-electron chi connectivity index (χ1n) is 9.09. The lowest BCUT2D eigenvalue weighted by Crippen LogP contribution is -2.59. The largest absolute Gasteiger partial charge is 0.370 e. The molecule has 4 rings (SSSR count). The lowest BCUT2D eigenvalue weighted by Gasteiger charge is -2.48. The summed E-state index contributed by atoms with van der Waals surface area (Å²) in [5.74, 6) is 1.98. The van der Waals surface area contributed by atoms with Gasteiger partial charge in [-0.3, -0.25) is 4.90 Å². The predicted octanol–water partition coefficient (Wildman–Crippen LogP) is 2.56. The molecule has 134 valence electrons. The van der Waals surface area contributed by atoms with Gasteiger partial charge in [-0.15, -0.1) is 0 Å². The quantitative estimate of drug-likeness (QED) is 0.854. The Morgan fingerprint density at radius 2 is 2.12 bits per heavy atom. The second-order valence-electron chi connectivity index (χ2n) is 7.26. The molecule has 0 aliphatic carbocycles. The molecule has 0 N–H and O–H groups in total. The number of nitrogens with zero attached hydrogens (tertiary/aromatic N) is 4. The summed E-state index contributed by atoms with van der Waals surface area (Å²) in [6, 6.07) is 6.10. The van der Waals surface area contributed by atoms with E-state index in [4.69, 9.17) is 9.26 Å². The van der Waals surface area contributed by atoms with Crippen molar-refractivity contribution in [3.63, 3.8) is 0 Å². The molecular weight excluding hydrogens is 316 g/mol. The highest BCUT2D eigenvalue weighted by Gasteiger charge is 2.41. The van der Waals surface area contributed by atoms with Gasteiger partial charge in [0.1, 0.15) is 11.6 Å². The maximum atomic E-state index is 6.32. The molecule has 1 atom stereocenters. The van der Waals surface area contributed by atoms with E-state index in [9.17, 15) is 0 Å². The Kier molecular flexibility index (Phi) is 4.48. The van der Waals surface area contributed by atoms with Crippen LogP contribution in [0.4, 0.5) is 5.82 Å². The number of hydrogen-bond acceptors (Lipinski definition) is 6. The van der Waals surface area contributed by atoms with Crippen LogP contribution in [0, 0.1) is 13.8 Å². The van der Waals surface area contributed by atoms with Gasteiger partial charge in [-0.25, -0.2) is 4.98 Å². The van der Waals surface area contributed by atoms with Crippen LogP contribution in [-0.4, -0.2) is 53.4 Å². The van der Waals surface area contributed by atoms with Crippen LogP contribution in [0.3, 0.4) is 0 Å². The number of aryl methyl sites for hydroxylation is 2. The van der Waals surface area contributed by atoms with Crippen LogP contribution in [0.2, 0.25) is 0 Å². The van der Waals surface area contributed by atoms with Crippen molar-refractivity contribution < 1.29 is 9.26 Å².